The van der Waals surface area contributed by atoms with Crippen molar-refractivity contribution in [3.05, 3.63) is 70.3 Å². The first-order valence-corrected chi connectivity index (χ1v) is 7.85. The average molecular weight is 337 g/mol. The average Bonchev–Trinajstić information content (AvgIpc) is 3.13. The summed E-state index contributed by atoms with van der Waals surface area (Å²) in [4.78, 5) is 19.4. The van der Waals surface area contributed by atoms with Crippen molar-refractivity contribution in [1.29, 1.82) is 0 Å². The van der Waals surface area contributed by atoms with Crippen molar-refractivity contribution < 1.29 is 4.39 Å². The first-order valence-electron chi connectivity index (χ1n) is 7.85. The van der Waals surface area contributed by atoms with Gasteiger partial charge < -0.3 is 0 Å². The van der Waals surface area contributed by atoms with Gasteiger partial charge in [-0.2, -0.15) is 5.10 Å². The Labute approximate surface area is 142 Å². The molecule has 4 rings (SSSR count). The molecule has 0 amide bonds. The predicted octanol–water partition coefficient (Wildman–Crippen LogP) is 2.62. The van der Waals surface area contributed by atoms with E-state index in [1.165, 1.54) is 6.07 Å². The van der Waals surface area contributed by atoms with Crippen molar-refractivity contribution in [3.8, 4) is 11.1 Å². The van der Waals surface area contributed by atoms with E-state index in [1.54, 1.807) is 34.5 Å². The van der Waals surface area contributed by atoms with Crippen LogP contribution >= 0.6 is 0 Å². The minimum Gasteiger partial charge on any atom is -0.290 e. The van der Waals surface area contributed by atoms with Gasteiger partial charge in [0.25, 0.3) is 0 Å². The number of hydrogen-bond donors (Lipinski definition) is 1. The van der Waals surface area contributed by atoms with Crippen LogP contribution in [0.2, 0.25) is 0 Å². The molecule has 0 fully saturated rings. The molecule has 7 heteroatoms. The fourth-order valence-corrected chi connectivity index (χ4v) is 2.88. The lowest BCUT2D eigenvalue weighted by molar-refractivity contribution is 0.619. The van der Waals surface area contributed by atoms with Gasteiger partial charge >= 0.3 is 5.69 Å². The van der Waals surface area contributed by atoms with Gasteiger partial charge in [-0.25, -0.2) is 14.2 Å². The molecule has 126 valence electrons. The number of imidazole rings is 1. The number of halogens is 1. The number of benzene rings is 1. The number of hydrogen-bond acceptors (Lipinski definition) is 3. The number of nitrogens with one attached hydrogen (secondary N) is 1. The Bertz CT molecular complexity index is 1140. The molecule has 0 bridgehead atoms. The van der Waals surface area contributed by atoms with Crippen LogP contribution in [-0.2, 0) is 13.6 Å². The van der Waals surface area contributed by atoms with Gasteiger partial charge in [-0.1, -0.05) is 6.07 Å². The summed E-state index contributed by atoms with van der Waals surface area (Å²) in [5.74, 6) is -0.244. The van der Waals surface area contributed by atoms with Crippen molar-refractivity contribution in [3.63, 3.8) is 0 Å². The van der Waals surface area contributed by atoms with Crippen molar-refractivity contribution in [2.75, 3.05) is 0 Å². The lowest BCUT2D eigenvalue weighted by Gasteiger charge is -2.05. The van der Waals surface area contributed by atoms with Crippen LogP contribution in [0, 0.1) is 12.7 Å². The minimum atomic E-state index is -0.244. The van der Waals surface area contributed by atoms with Crippen LogP contribution < -0.4 is 5.69 Å². The molecule has 0 spiro atoms. The highest BCUT2D eigenvalue weighted by molar-refractivity contribution is 5.78. The van der Waals surface area contributed by atoms with Gasteiger partial charge in [0, 0.05) is 25.0 Å². The van der Waals surface area contributed by atoms with E-state index in [2.05, 4.69) is 15.1 Å². The molecule has 6 nitrogen and oxygen atoms in total. The molecule has 0 saturated carbocycles. The van der Waals surface area contributed by atoms with Crippen LogP contribution in [-0.4, -0.2) is 24.3 Å². The lowest BCUT2D eigenvalue weighted by Crippen LogP contribution is -2.17. The minimum absolute atomic E-state index is 0.236. The van der Waals surface area contributed by atoms with Crippen LogP contribution in [0.4, 0.5) is 4.39 Å². The summed E-state index contributed by atoms with van der Waals surface area (Å²) in [6.45, 7) is 2.07. The Hall–Kier alpha value is -3.22. The number of nitrogens with zero attached hydrogens (tertiary/aromatic N) is 4. The predicted molar refractivity (Wildman–Crippen MR) is 92.8 cm³/mol. The molecule has 3 aromatic heterocycles. The standard InChI is InChI=1S/C18H16FN5O/c1-11-7-12(3-4-15(11)19)13-8-16-17(20-9-13)21-18(25)24(16)10-14-5-6-23(2)22-14/h3-9H,10H2,1-2H3,(H,20,21,25). The Morgan fingerprint density at radius 1 is 1.20 bits per heavy atom. The van der Waals surface area contributed by atoms with Crippen LogP contribution in [0.15, 0.2) is 47.5 Å². The summed E-state index contributed by atoms with van der Waals surface area (Å²) in [6, 6.07) is 8.67. The SMILES string of the molecule is Cc1cc(-c2cnc3[nH]c(=O)n(Cc4ccn(C)n4)c3c2)ccc1F. The first-order chi connectivity index (χ1) is 12.0. The van der Waals surface area contributed by atoms with Gasteiger partial charge in [-0.3, -0.25) is 14.2 Å². The zero-order valence-electron chi connectivity index (χ0n) is 13.8. The third-order valence-electron chi connectivity index (χ3n) is 4.21. The van der Waals surface area contributed by atoms with Gasteiger partial charge in [0.1, 0.15) is 5.82 Å². The van der Waals surface area contributed by atoms with Crippen molar-refractivity contribution >= 4 is 11.2 Å². The van der Waals surface area contributed by atoms with E-state index in [0.29, 0.717) is 23.3 Å². The van der Waals surface area contributed by atoms with E-state index in [0.717, 1.165) is 16.8 Å². The maximum Gasteiger partial charge on any atom is 0.328 e. The highest BCUT2D eigenvalue weighted by Crippen LogP contribution is 2.24. The second-order valence-electron chi connectivity index (χ2n) is 6.05. The molecule has 1 aromatic carbocycles. The molecule has 25 heavy (non-hydrogen) atoms. The lowest BCUT2D eigenvalue weighted by atomic mass is 10.0. The molecular formula is C18H16FN5O. The van der Waals surface area contributed by atoms with Crippen LogP contribution in [0.25, 0.3) is 22.3 Å². The van der Waals surface area contributed by atoms with E-state index in [-0.39, 0.29) is 11.5 Å². The van der Waals surface area contributed by atoms with Crippen molar-refractivity contribution in [2.24, 2.45) is 7.05 Å². The topological polar surface area (TPSA) is 68.5 Å². The molecule has 0 atom stereocenters. The number of rotatable bonds is 3. The molecule has 4 aromatic rings. The first kappa shape index (κ1) is 15.3. The van der Waals surface area contributed by atoms with Crippen molar-refractivity contribution in [2.45, 2.75) is 13.5 Å². The summed E-state index contributed by atoms with van der Waals surface area (Å²) < 4.78 is 16.8. The van der Waals surface area contributed by atoms with Crippen molar-refractivity contribution in [1.82, 2.24) is 24.3 Å². The number of H-pyrrole nitrogens is 1. The number of aromatic nitrogens is 5. The fourth-order valence-electron chi connectivity index (χ4n) is 2.88. The number of aromatic amines is 1. The second kappa shape index (κ2) is 5.70. The third kappa shape index (κ3) is 2.73. The molecule has 0 aliphatic carbocycles. The Kier molecular flexibility index (Phi) is 3.49. The summed E-state index contributed by atoms with van der Waals surface area (Å²) in [5, 5.41) is 4.32. The van der Waals surface area contributed by atoms with Gasteiger partial charge in [-0.05, 0) is 42.3 Å². The monoisotopic (exact) mass is 337 g/mol. The molecule has 0 unspecified atom stereocenters. The quantitative estimate of drug-likeness (QED) is 0.625. The maximum atomic E-state index is 13.5. The molecule has 1 N–H and O–H groups in total. The van der Waals surface area contributed by atoms with Crippen LogP contribution in [0.3, 0.4) is 0 Å². The van der Waals surface area contributed by atoms with Crippen LogP contribution in [0.5, 0.6) is 0 Å². The molecule has 3 heterocycles. The number of aryl methyl sites for hydroxylation is 2. The normalized spacial score (nSPS) is 11.3. The third-order valence-corrected chi connectivity index (χ3v) is 4.21. The zero-order valence-corrected chi connectivity index (χ0v) is 13.8. The van der Waals surface area contributed by atoms with E-state index in [1.807, 2.05) is 25.4 Å². The van der Waals surface area contributed by atoms with E-state index in [4.69, 9.17) is 0 Å². The summed E-state index contributed by atoms with van der Waals surface area (Å²) >= 11 is 0. The highest BCUT2D eigenvalue weighted by atomic mass is 19.1. The van der Waals surface area contributed by atoms with Gasteiger partial charge in [-0.15, -0.1) is 0 Å². The largest absolute Gasteiger partial charge is 0.328 e. The Morgan fingerprint density at radius 2 is 2.04 bits per heavy atom. The van der Waals surface area contributed by atoms with Gasteiger partial charge in [0.05, 0.1) is 17.8 Å². The summed E-state index contributed by atoms with van der Waals surface area (Å²) in [5.41, 5.74) is 4.00. The molecule has 0 saturated heterocycles. The Balaban J connectivity index is 1.82. The van der Waals surface area contributed by atoms with E-state index >= 15 is 0 Å². The second-order valence-corrected chi connectivity index (χ2v) is 6.05. The molecule has 0 radical (unpaired) electrons. The maximum absolute atomic E-state index is 13.5. The fraction of sp³-hybridized carbons (Fsp3) is 0.167. The van der Waals surface area contributed by atoms with Gasteiger partial charge in [0.2, 0.25) is 0 Å². The van der Waals surface area contributed by atoms with E-state index < -0.39 is 0 Å². The molecule has 0 aliphatic rings. The number of fused-ring (bicyclic) bond motifs is 1. The molecule has 0 aliphatic heterocycles. The smallest absolute Gasteiger partial charge is 0.290 e. The summed E-state index contributed by atoms with van der Waals surface area (Å²) in [6.07, 6.45) is 3.51. The molecular weight excluding hydrogens is 321 g/mol. The zero-order chi connectivity index (χ0) is 17.6. The highest BCUT2D eigenvalue weighted by Gasteiger charge is 2.12. The number of pyridine rings is 1. The summed E-state index contributed by atoms with van der Waals surface area (Å²) in [7, 11) is 1.83. The van der Waals surface area contributed by atoms with Gasteiger partial charge in [0.15, 0.2) is 5.65 Å². The van der Waals surface area contributed by atoms with Crippen LogP contribution in [0.1, 0.15) is 11.3 Å². The van der Waals surface area contributed by atoms with E-state index in [9.17, 15) is 9.18 Å². The Morgan fingerprint density at radius 3 is 2.76 bits per heavy atom.